The maximum atomic E-state index is 10.6. The largest absolute Gasteiger partial charge is 0.388 e. The Bertz CT molecular complexity index is 607. The lowest BCUT2D eigenvalue weighted by atomic mass is 9.98. The van der Waals surface area contributed by atoms with Crippen molar-refractivity contribution in [1.82, 2.24) is 15.1 Å². The van der Waals surface area contributed by atoms with Crippen molar-refractivity contribution in [2.45, 2.75) is 51.7 Å². The second-order valence-corrected chi connectivity index (χ2v) is 6.35. The van der Waals surface area contributed by atoms with E-state index in [2.05, 4.69) is 41.1 Å². The zero-order chi connectivity index (χ0) is 14.8. The molecule has 2 heterocycles. The smallest absolute Gasteiger partial charge is 0.0805 e. The summed E-state index contributed by atoms with van der Waals surface area (Å²) < 4.78 is 0. The van der Waals surface area contributed by atoms with Crippen LogP contribution in [0.15, 0.2) is 18.3 Å². The van der Waals surface area contributed by atoms with Crippen molar-refractivity contribution in [3.63, 3.8) is 0 Å². The van der Waals surface area contributed by atoms with Gasteiger partial charge in [0.25, 0.3) is 0 Å². The summed E-state index contributed by atoms with van der Waals surface area (Å²) in [7, 11) is 0. The van der Waals surface area contributed by atoms with Gasteiger partial charge in [-0.1, -0.05) is 6.42 Å². The number of hydrogen-bond acceptors (Lipinski definition) is 3. The Morgan fingerprint density at radius 3 is 3.10 bits per heavy atom. The summed E-state index contributed by atoms with van der Waals surface area (Å²) in [6.07, 6.45) is 6.15. The third kappa shape index (κ3) is 3.11. The highest BCUT2D eigenvalue weighted by Crippen LogP contribution is 2.26. The molecule has 4 nitrogen and oxygen atoms in total. The van der Waals surface area contributed by atoms with Gasteiger partial charge in [0.2, 0.25) is 0 Å². The summed E-state index contributed by atoms with van der Waals surface area (Å²) in [5.41, 5.74) is 3.20. The molecular weight excluding hydrogens is 262 g/mol. The molecule has 0 radical (unpaired) electrons. The Hall–Kier alpha value is -1.39. The van der Waals surface area contributed by atoms with E-state index < -0.39 is 6.10 Å². The fraction of sp³-hybridized carbons (Fsp3) is 0.588. The van der Waals surface area contributed by atoms with Crippen molar-refractivity contribution in [3.05, 3.63) is 29.5 Å². The molecule has 2 atom stereocenters. The molecule has 2 N–H and O–H groups in total. The summed E-state index contributed by atoms with van der Waals surface area (Å²) >= 11 is 0. The zero-order valence-electron chi connectivity index (χ0n) is 13.0. The van der Waals surface area contributed by atoms with Crippen molar-refractivity contribution in [3.8, 4) is 0 Å². The van der Waals surface area contributed by atoms with Crippen LogP contribution in [0.5, 0.6) is 0 Å². The van der Waals surface area contributed by atoms with Crippen molar-refractivity contribution in [2.75, 3.05) is 13.1 Å². The Kier molecular flexibility index (Phi) is 4.27. The zero-order valence-corrected chi connectivity index (χ0v) is 13.0. The minimum Gasteiger partial charge on any atom is -0.388 e. The van der Waals surface area contributed by atoms with Crippen LogP contribution in [0.1, 0.15) is 49.8 Å². The van der Waals surface area contributed by atoms with Gasteiger partial charge in [-0.3, -0.25) is 5.10 Å². The highest BCUT2D eigenvalue weighted by molar-refractivity contribution is 5.79. The second kappa shape index (κ2) is 6.16. The molecule has 0 bridgehead atoms. The van der Waals surface area contributed by atoms with Gasteiger partial charge < -0.3 is 10.0 Å². The Morgan fingerprint density at radius 1 is 1.43 bits per heavy atom. The molecule has 1 fully saturated rings. The van der Waals surface area contributed by atoms with Gasteiger partial charge in [-0.2, -0.15) is 5.10 Å². The van der Waals surface area contributed by atoms with Crippen molar-refractivity contribution in [2.24, 2.45) is 0 Å². The summed E-state index contributed by atoms with van der Waals surface area (Å²) in [5, 5.41) is 18.7. The molecule has 2 unspecified atom stereocenters. The number of aromatic amines is 1. The van der Waals surface area contributed by atoms with Gasteiger partial charge in [0.05, 0.1) is 17.8 Å². The number of aromatic nitrogens is 2. The number of aliphatic hydroxyl groups excluding tert-OH is 1. The molecule has 114 valence electrons. The van der Waals surface area contributed by atoms with Crippen LogP contribution in [-0.2, 0) is 0 Å². The Labute approximate surface area is 126 Å². The fourth-order valence-corrected chi connectivity index (χ4v) is 3.41. The number of fused-ring (bicyclic) bond motifs is 1. The van der Waals surface area contributed by atoms with Crippen LogP contribution in [0, 0.1) is 6.92 Å². The topological polar surface area (TPSA) is 52.1 Å². The summed E-state index contributed by atoms with van der Waals surface area (Å²) in [6.45, 7) is 6.51. The highest BCUT2D eigenvalue weighted by Gasteiger charge is 2.20. The van der Waals surface area contributed by atoms with Gasteiger partial charge in [0, 0.05) is 18.0 Å². The Balaban J connectivity index is 1.68. The second-order valence-electron chi connectivity index (χ2n) is 6.35. The van der Waals surface area contributed by atoms with E-state index in [0.717, 1.165) is 35.0 Å². The first kappa shape index (κ1) is 14.5. The van der Waals surface area contributed by atoms with E-state index in [9.17, 15) is 5.11 Å². The highest BCUT2D eigenvalue weighted by atomic mass is 16.3. The lowest BCUT2D eigenvalue weighted by Gasteiger charge is -2.33. The van der Waals surface area contributed by atoms with Gasteiger partial charge in [-0.25, -0.2) is 0 Å². The maximum absolute atomic E-state index is 10.6. The van der Waals surface area contributed by atoms with E-state index in [1.807, 2.05) is 6.20 Å². The number of aliphatic hydroxyl groups is 1. The first-order valence-electron chi connectivity index (χ1n) is 8.01. The quantitative estimate of drug-likeness (QED) is 0.908. The molecule has 1 aliphatic rings. The summed E-state index contributed by atoms with van der Waals surface area (Å²) in [5.74, 6) is 0. The molecular formula is C17H25N3O. The first-order valence-corrected chi connectivity index (χ1v) is 8.01. The van der Waals surface area contributed by atoms with E-state index in [0.29, 0.717) is 6.04 Å². The molecule has 1 aliphatic heterocycles. The first-order chi connectivity index (χ1) is 10.1. The summed E-state index contributed by atoms with van der Waals surface area (Å²) in [6, 6.07) is 4.80. The fourth-order valence-electron chi connectivity index (χ4n) is 3.41. The molecule has 0 saturated carbocycles. The normalized spacial score (nSPS) is 21.8. The number of benzene rings is 1. The monoisotopic (exact) mass is 287 g/mol. The van der Waals surface area contributed by atoms with Gasteiger partial charge in [0.1, 0.15) is 0 Å². The van der Waals surface area contributed by atoms with Crippen molar-refractivity contribution >= 4 is 10.9 Å². The molecule has 1 saturated heterocycles. The van der Waals surface area contributed by atoms with Crippen LogP contribution in [0.4, 0.5) is 0 Å². The molecule has 21 heavy (non-hydrogen) atoms. The van der Waals surface area contributed by atoms with E-state index in [1.54, 1.807) is 0 Å². The lowest BCUT2D eigenvalue weighted by molar-refractivity contribution is 0.109. The van der Waals surface area contributed by atoms with Crippen molar-refractivity contribution in [1.29, 1.82) is 0 Å². The minimum absolute atomic E-state index is 0.390. The number of nitrogens with zero attached hydrogens (tertiary/aromatic N) is 2. The SMILES string of the molecule is Cc1cc2[nH]ncc2cc1C(O)CCN1CCCCC1C. The van der Waals surface area contributed by atoms with Gasteiger partial charge >= 0.3 is 0 Å². The lowest BCUT2D eigenvalue weighted by Crippen LogP contribution is -2.38. The molecule has 0 spiro atoms. The maximum Gasteiger partial charge on any atom is 0.0805 e. The molecule has 0 aliphatic carbocycles. The molecule has 2 aromatic rings. The van der Waals surface area contributed by atoms with Crippen LogP contribution in [0.25, 0.3) is 10.9 Å². The van der Waals surface area contributed by atoms with Gasteiger partial charge in [-0.05, 0) is 62.9 Å². The van der Waals surface area contributed by atoms with Crippen LogP contribution in [0.2, 0.25) is 0 Å². The standard InChI is InChI=1S/C17H25N3O/c1-12-9-16-14(11-18-19-16)10-15(12)17(21)6-8-20-7-4-3-5-13(20)2/h9-11,13,17,21H,3-8H2,1-2H3,(H,18,19). The third-order valence-corrected chi connectivity index (χ3v) is 4.82. The third-order valence-electron chi connectivity index (χ3n) is 4.82. The minimum atomic E-state index is -0.390. The number of H-pyrrole nitrogens is 1. The average Bonchev–Trinajstić information content (AvgIpc) is 2.92. The van der Waals surface area contributed by atoms with Gasteiger partial charge in [0.15, 0.2) is 0 Å². The van der Waals surface area contributed by atoms with Crippen LogP contribution in [0.3, 0.4) is 0 Å². The molecule has 1 aromatic heterocycles. The number of rotatable bonds is 4. The number of hydrogen-bond donors (Lipinski definition) is 2. The molecule has 0 amide bonds. The Morgan fingerprint density at radius 2 is 2.29 bits per heavy atom. The predicted octanol–water partition coefficient (Wildman–Crippen LogP) is 3.17. The van der Waals surface area contributed by atoms with Gasteiger partial charge in [-0.15, -0.1) is 0 Å². The molecule has 4 heteroatoms. The van der Waals surface area contributed by atoms with Crippen LogP contribution < -0.4 is 0 Å². The number of piperidine rings is 1. The molecule has 1 aromatic carbocycles. The number of aryl methyl sites for hydroxylation is 1. The van der Waals surface area contributed by atoms with Crippen LogP contribution in [-0.4, -0.2) is 39.3 Å². The predicted molar refractivity (Wildman–Crippen MR) is 85.3 cm³/mol. The average molecular weight is 287 g/mol. The van der Waals surface area contributed by atoms with Crippen molar-refractivity contribution < 1.29 is 5.11 Å². The van der Waals surface area contributed by atoms with E-state index in [4.69, 9.17) is 0 Å². The number of likely N-dealkylation sites (tertiary alicyclic amines) is 1. The van der Waals surface area contributed by atoms with E-state index in [1.165, 1.54) is 25.8 Å². The summed E-state index contributed by atoms with van der Waals surface area (Å²) in [4.78, 5) is 2.51. The molecule has 3 rings (SSSR count). The van der Waals surface area contributed by atoms with Crippen LogP contribution >= 0.6 is 0 Å². The van der Waals surface area contributed by atoms with E-state index in [-0.39, 0.29) is 0 Å². The number of nitrogens with one attached hydrogen (secondary N) is 1. The van der Waals surface area contributed by atoms with E-state index >= 15 is 0 Å².